The van der Waals surface area contributed by atoms with E-state index in [1.165, 1.54) is 0 Å². The van der Waals surface area contributed by atoms with Gasteiger partial charge in [0.25, 0.3) is 0 Å². The van der Waals surface area contributed by atoms with Crippen LogP contribution in [0.1, 0.15) is 24.1 Å². The summed E-state index contributed by atoms with van der Waals surface area (Å²) >= 11 is 0. The molecule has 1 rings (SSSR count). The summed E-state index contributed by atoms with van der Waals surface area (Å²) in [6, 6.07) is 2.01. The Kier molecular flexibility index (Phi) is 7.48. The highest BCUT2D eigenvalue weighted by Gasteiger charge is 2.02. The van der Waals surface area contributed by atoms with Gasteiger partial charge in [0.2, 0.25) is 0 Å². The van der Waals surface area contributed by atoms with E-state index in [0.29, 0.717) is 19.8 Å². The summed E-state index contributed by atoms with van der Waals surface area (Å²) in [5.41, 5.74) is 2.04. The molecule has 1 heterocycles. The number of rotatable bonds is 9. The van der Waals surface area contributed by atoms with Crippen molar-refractivity contribution in [3.63, 3.8) is 0 Å². The van der Waals surface area contributed by atoms with E-state index in [1.807, 2.05) is 13.0 Å². The Hall–Kier alpha value is -1.04. The standard InChI is InChI=1S/C13H23N3O2/c1-4-14-10-12-9-11(2)15-13(16-12)5-6-18-8-7-17-3/h9,14H,4-8,10H2,1-3H3. The van der Waals surface area contributed by atoms with Gasteiger partial charge in [-0.05, 0) is 19.5 Å². The first-order valence-corrected chi connectivity index (χ1v) is 6.37. The summed E-state index contributed by atoms with van der Waals surface area (Å²) in [7, 11) is 1.67. The van der Waals surface area contributed by atoms with Crippen LogP contribution in [0.2, 0.25) is 0 Å². The maximum Gasteiger partial charge on any atom is 0.131 e. The maximum atomic E-state index is 5.42. The Morgan fingerprint density at radius 1 is 1.22 bits per heavy atom. The van der Waals surface area contributed by atoms with Crippen molar-refractivity contribution >= 4 is 0 Å². The number of aromatic nitrogens is 2. The molecule has 5 heteroatoms. The molecule has 0 amide bonds. The van der Waals surface area contributed by atoms with Gasteiger partial charge < -0.3 is 14.8 Å². The summed E-state index contributed by atoms with van der Waals surface area (Å²) in [5.74, 6) is 0.848. The molecule has 0 bridgehead atoms. The first-order valence-electron chi connectivity index (χ1n) is 6.37. The van der Waals surface area contributed by atoms with Gasteiger partial charge in [-0.3, -0.25) is 0 Å². The number of ether oxygens (including phenoxy) is 2. The predicted molar refractivity (Wildman–Crippen MR) is 70.5 cm³/mol. The van der Waals surface area contributed by atoms with Crippen LogP contribution >= 0.6 is 0 Å². The third kappa shape index (κ3) is 6.05. The smallest absolute Gasteiger partial charge is 0.131 e. The lowest BCUT2D eigenvalue weighted by Gasteiger charge is -2.07. The molecule has 0 atom stereocenters. The molecular weight excluding hydrogens is 230 g/mol. The minimum absolute atomic E-state index is 0.618. The molecule has 18 heavy (non-hydrogen) atoms. The summed E-state index contributed by atoms with van der Waals surface area (Å²) < 4.78 is 10.3. The van der Waals surface area contributed by atoms with Crippen molar-refractivity contribution in [1.29, 1.82) is 0 Å². The number of hydrogen-bond donors (Lipinski definition) is 1. The fourth-order valence-corrected chi connectivity index (χ4v) is 1.56. The van der Waals surface area contributed by atoms with Gasteiger partial charge in [-0.25, -0.2) is 9.97 Å². The maximum absolute atomic E-state index is 5.42. The Balaban J connectivity index is 2.41. The molecule has 5 nitrogen and oxygen atoms in total. The van der Waals surface area contributed by atoms with Crippen LogP contribution < -0.4 is 5.32 Å². The molecule has 1 N–H and O–H groups in total. The van der Waals surface area contributed by atoms with Crippen LogP contribution in [0.4, 0.5) is 0 Å². The quantitative estimate of drug-likeness (QED) is 0.668. The Morgan fingerprint density at radius 2 is 2.06 bits per heavy atom. The van der Waals surface area contributed by atoms with Crippen molar-refractivity contribution in [2.75, 3.05) is 33.5 Å². The molecule has 0 aliphatic carbocycles. The number of aryl methyl sites for hydroxylation is 1. The zero-order valence-electron chi connectivity index (χ0n) is 11.5. The highest BCUT2D eigenvalue weighted by atomic mass is 16.5. The second-order valence-electron chi connectivity index (χ2n) is 4.05. The van der Waals surface area contributed by atoms with Crippen molar-refractivity contribution < 1.29 is 9.47 Å². The van der Waals surface area contributed by atoms with Crippen molar-refractivity contribution in [3.8, 4) is 0 Å². The van der Waals surface area contributed by atoms with Gasteiger partial charge in [0.05, 0.1) is 25.5 Å². The molecule has 0 aromatic carbocycles. The molecule has 0 saturated heterocycles. The molecule has 0 spiro atoms. The average molecular weight is 253 g/mol. The number of methoxy groups -OCH3 is 1. The first kappa shape index (κ1) is 15.0. The Morgan fingerprint density at radius 3 is 2.78 bits per heavy atom. The van der Waals surface area contributed by atoms with Crippen molar-refractivity contribution in [2.45, 2.75) is 26.8 Å². The van der Waals surface area contributed by atoms with Crippen molar-refractivity contribution in [1.82, 2.24) is 15.3 Å². The lowest BCUT2D eigenvalue weighted by molar-refractivity contribution is 0.0716. The zero-order valence-corrected chi connectivity index (χ0v) is 11.5. The SMILES string of the molecule is CCNCc1cc(C)nc(CCOCCOC)n1. The molecule has 0 saturated carbocycles. The topological polar surface area (TPSA) is 56.3 Å². The van der Waals surface area contributed by atoms with E-state index in [0.717, 1.165) is 36.7 Å². The highest BCUT2D eigenvalue weighted by molar-refractivity contribution is 5.10. The van der Waals surface area contributed by atoms with Crippen LogP contribution in [-0.4, -0.2) is 43.4 Å². The van der Waals surface area contributed by atoms with Gasteiger partial charge in [-0.15, -0.1) is 0 Å². The Labute approximate surface area is 109 Å². The zero-order chi connectivity index (χ0) is 13.2. The van der Waals surface area contributed by atoms with Crippen LogP contribution in [0.25, 0.3) is 0 Å². The van der Waals surface area contributed by atoms with Gasteiger partial charge in [0.1, 0.15) is 5.82 Å². The van der Waals surface area contributed by atoms with Gasteiger partial charge in [0, 0.05) is 25.8 Å². The molecule has 1 aromatic heterocycles. The molecule has 102 valence electrons. The van der Waals surface area contributed by atoms with Crippen LogP contribution in [0.15, 0.2) is 6.07 Å². The van der Waals surface area contributed by atoms with Gasteiger partial charge >= 0.3 is 0 Å². The predicted octanol–water partition coefficient (Wildman–Crippen LogP) is 1.10. The van der Waals surface area contributed by atoms with E-state index >= 15 is 0 Å². The van der Waals surface area contributed by atoms with E-state index in [9.17, 15) is 0 Å². The van der Waals surface area contributed by atoms with E-state index < -0.39 is 0 Å². The Bertz CT molecular complexity index is 345. The fourth-order valence-electron chi connectivity index (χ4n) is 1.56. The molecule has 0 aliphatic heterocycles. The third-order valence-corrected chi connectivity index (χ3v) is 2.41. The lowest BCUT2D eigenvalue weighted by atomic mass is 10.3. The number of nitrogens with zero attached hydrogens (tertiary/aromatic N) is 2. The summed E-state index contributed by atoms with van der Waals surface area (Å²) in [6.45, 7) is 7.68. The molecule has 0 fully saturated rings. The van der Waals surface area contributed by atoms with Gasteiger partial charge in [0.15, 0.2) is 0 Å². The molecule has 1 aromatic rings. The fraction of sp³-hybridized carbons (Fsp3) is 0.692. The number of hydrogen-bond acceptors (Lipinski definition) is 5. The second kappa shape index (κ2) is 8.97. The molecule has 0 radical (unpaired) electrons. The summed E-state index contributed by atoms with van der Waals surface area (Å²) in [5, 5.41) is 3.26. The van der Waals surface area contributed by atoms with Crippen LogP contribution in [0.3, 0.4) is 0 Å². The first-order chi connectivity index (χ1) is 8.76. The van der Waals surface area contributed by atoms with Crippen LogP contribution in [0.5, 0.6) is 0 Å². The largest absolute Gasteiger partial charge is 0.382 e. The monoisotopic (exact) mass is 253 g/mol. The summed E-state index contributed by atoms with van der Waals surface area (Å²) in [6.07, 6.45) is 0.741. The molecular formula is C13H23N3O2. The van der Waals surface area contributed by atoms with E-state index in [2.05, 4.69) is 22.2 Å². The summed E-state index contributed by atoms with van der Waals surface area (Å²) in [4.78, 5) is 8.91. The number of nitrogens with one attached hydrogen (secondary N) is 1. The normalized spacial score (nSPS) is 10.8. The van der Waals surface area contributed by atoms with Gasteiger partial charge in [-0.2, -0.15) is 0 Å². The van der Waals surface area contributed by atoms with Crippen LogP contribution in [-0.2, 0) is 22.4 Å². The lowest BCUT2D eigenvalue weighted by Crippen LogP contribution is -2.15. The van der Waals surface area contributed by atoms with Crippen molar-refractivity contribution in [2.24, 2.45) is 0 Å². The molecule has 0 aliphatic rings. The van der Waals surface area contributed by atoms with E-state index in [1.54, 1.807) is 7.11 Å². The second-order valence-corrected chi connectivity index (χ2v) is 4.05. The highest BCUT2D eigenvalue weighted by Crippen LogP contribution is 2.01. The van der Waals surface area contributed by atoms with Crippen molar-refractivity contribution in [3.05, 3.63) is 23.3 Å². The molecule has 0 unspecified atom stereocenters. The third-order valence-electron chi connectivity index (χ3n) is 2.41. The van der Waals surface area contributed by atoms with E-state index in [4.69, 9.17) is 9.47 Å². The minimum atomic E-state index is 0.618. The average Bonchev–Trinajstić information content (AvgIpc) is 2.35. The van der Waals surface area contributed by atoms with E-state index in [-0.39, 0.29) is 0 Å². The van der Waals surface area contributed by atoms with Gasteiger partial charge in [-0.1, -0.05) is 6.92 Å². The minimum Gasteiger partial charge on any atom is -0.382 e. The van der Waals surface area contributed by atoms with Crippen LogP contribution in [0, 0.1) is 6.92 Å².